The number of β-lactam (4-membered cyclic amide) rings is 1. The molecule has 0 radical (unpaired) electrons. The average molecular weight is 1730 g/mol. The molecule has 120 heavy (non-hydrogen) atoms. The van der Waals surface area contributed by atoms with Gasteiger partial charge in [0.25, 0.3) is 11.8 Å². The van der Waals surface area contributed by atoms with Gasteiger partial charge in [-0.25, -0.2) is 19.2 Å². The second-order valence-corrected chi connectivity index (χ2v) is 31.1. The molecule has 1 saturated heterocycles. The fraction of sp³-hybridized carbons (Fsp3) is 0.195. The summed E-state index contributed by atoms with van der Waals surface area (Å²) in [7, 11) is 0. The number of carboxylic acid groups (broad SMARTS) is 5. The van der Waals surface area contributed by atoms with Gasteiger partial charge >= 0.3 is 23.2 Å². The number of carbonyl (C=O) groups excluding carboxylic acids is 7. The van der Waals surface area contributed by atoms with E-state index in [0.29, 0.717) is 71.2 Å². The maximum absolute atomic E-state index is 13.3. The van der Waals surface area contributed by atoms with Crippen LogP contribution in [0.15, 0.2) is 191 Å². The number of alkyl halides is 2. The van der Waals surface area contributed by atoms with Crippen molar-refractivity contribution in [2.45, 2.75) is 71.6 Å². The zero-order valence-electron chi connectivity index (χ0n) is 61.1. The van der Waals surface area contributed by atoms with Gasteiger partial charge < -0.3 is 105 Å². The molecular weight excluding hydrogens is 1670 g/mol. The lowest BCUT2D eigenvalue weighted by molar-refractivity contribution is -0.308. The summed E-state index contributed by atoms with van der Waals surface area (Å²) in [6.45, 7) is 4.27. The third kappa shape index (κ3) is 18.6. The number of thioether (sulfide) groups is 3. The minimum atomic E-state index is -1.73. The van der Waals surface area contributed by atoms with Crippen LogP contribution in [-0.2, 0) is 35.3 Å². The molecule has 622 valence electrons. The van der Waals surface area contributed by atoms with Crippen molar-refractivity contribution in [3.05, 3.63) is 235 Å². The van der Waals surface area contributed by atoms with Gasteiger partial charge in [0.2, 0.25) is 11.8 Å². The van der Waals surface area contributed by atoms with E-state index in [1.165, 1.54) is 103 Å². The Labute approximate surface area is 698 Å². The van der Waals surface area contributed by atoms with Crippen LogP contribution in [0.1, 0.15) is 51.1 Å². The normalized spacial score (nSPS) is 18.3. The van der Waals surface area contributed by atoms with Crippen molar-refractivity contribution in [3.8, 4) is 56.4 Å². The number of halogens is 2. The first-order valence-corrected chi connectivity index (χ1v) is 39.0. The van der Waals surface area contributed by atoms with Crippen molar-refractivity contribution < 1.29 is 114 Å². The molecular formula is C82H65Cl2N6O27S3-5. The average Bonchev–Trinajstić information content (AvgIpc) is 0.746. The first kappa shape index (κ1) is 87.9. The minimum Gasteiger partial charge on any atom is -0.872 e. The molecule has 0 saturated carbocycles. The van der Waals surface area contributed by atoms with Gasteiger partial charge in [0.1, 0.15) is 61.9 Å². The molecule has 38 heteroatoms. The highest BCUT2D eigenvalue weighted by Gasteiger charge is 2.53. The van der Waals surface area contributed by atoms with Crippen molar-refractivity contribution in [3.63, 3.8) is 0 Å². The van der Waals surface area contributed by atoms with E-state index in [1.54, 1.807) is 48.5 Å². The van der Waals surface area contributed by atoms with Gasteiger partial charge in [-0.2, -0.15) is 0 Å². The molecule has 6 aromatic rings. The molecule has 15 rings (SSSR count). The van der Waals surface area contributed by atoms with E-state index in [-0.39, 0.29) is 122 Å². The molecule has 4 aliphatic carbocycles. The van der Waals surface area contributed by atoms with Crippen LogP contribution in [0.25, 0.3) is 91.1 Å². The van der Waals surface area contributed by atoms with Crippen LogP contribution in [0.2, 0.25) is 0 Å². The number of carbonyl (C=O) groups is 9. The summed E-state index contributed by atoms with van der Waals surface area (Å²) in [5, 5.41) is 107. The Morgan fingerprint density at radius 2 is 1.19 bits per heavy atom. The number of carboxylic acids is 5. The van der Waals surface area contributed by atoms with Crippen LogP contribution in [0.5, 0.6) is 11.5 Å². The Morgan fingerprint density at radius 3 is 1.75 bits per heavy atom. The Bertz CT molecular complexity index is 6510. The smallest absolute Gasteiger partial charge is 0.349 e. The number of fused-ring (bicyclic) bond motifs is 7. The van der Waals surface area contributed by atoms with E-state index in [1.807, 2.05) is 13.0 Å². The van der Waals surface area contributed by atoms with Crippen LogP contribution < -0.4 is 90.2 Å². The Hall–Kier alpha value is -12.9. The highest BCUT2D eigenvalue weighted by Crippen LogP contribution is 2.46. The zero-order chi connectivity index (χ0) is 84.6. The number of aliphatic carboxylic acids is 3. The molecule has 4 aromatic carbocycles. The van der Waals surface area contributed by atoms with E-state index < -0.39 is 128 Å². The van der Waals surface area contributed by atoms with Crippen molar-refractivity contribution in [1.29, 1.82) is 0 Å². The maximum Gasteiger partial charge on any atom is 0.349 e. The fourth-order valence-electron chi connectivity index (χ4n) is 13.3. The fourth-order valence-corrected chi connectivity index (χ4v) is 17.2. The van der Waals surface area contributed by atoms with Gasteiger partial charge in [0.15, 0.2) is 10.9 Å². The lowest BCUT2D eigenvalue weighted by Gasteiger charge is -2.50. The number of nitrogens with zero attached hydrogens (tertiary/aromatic N) is 2. The summed E-state index contributed by atoms with van der Waals surface area (Å²) >= 11 is 15.3. The molecule has 0 bridgehead atoms. The number of benzene rings is 6. The lowest BCUT2D eigenvalue weighted by atomic mass is 9.90. The standard InChI is InChI=1S/C40H30ClN3O12S2.C21H14O5.C20H18ClN3O9S.CH4.H2O.H2/c41-27-8-17-7-18(40(54)56-29(17)12-28(27)47)13-42-14-32(48)43-34-36(49)44-35(39(52)53)19(16-58-37(34)44)15-57-22-3-6-23(26(11-22)38(50)51)33-24-4-1-20(45)9-30(24)55-31-10-21(46)2-5-25(31)33;1-11-2-5-14(17(8-11)21(24)25)20-15-6-3-12(22)9-18(15)26-19-10-13(23)4-7-16(19)20;1-7-6-34-17(24-14(7)18(28)29)15(19(30)31)23-13(26)5-22-16(27)9-2-8-3-10(21)11(25)4-12(8)33-20(9)32;;;/h1-12,27-28,34,37,42,45,47H,13-16H2,(H,43,48)(H,50,51)(H,52,53);2-10,22H,1H3,(H,24,25);2-4,10-11,15,17,25H,1,5-6H2,(H,22,27)(H,23,26)(H,28,29)(H,30,31);1H4;1H2;1H/p-5. The highest BCUT2D eigenvalue weighted by atomic mass is 35.5. The molecule has 9 aliphatic rings. The SMILES string of the molecule is C.C=C1CSC(C(NC(=O)CNC(=O)c2cc3c(oc2=O)=CC(O)C(Cl)C=3)C(=O)[O-])N=C1C(=O)[O-].Cc1ccc(-c2c3ccc(=O)cc-3oc3cc([O-])ccc23)c(C(=O)O)c1.O.O=C(CNCc1cc2c(oc1=O)=CC(O)C(Cl)C=2)NC1C(=O)N2C(C(=O)[O-])=C(CSc3ccc(-c4c5ccc(=O)cc-5oc5cc([O-])ccc45)c(C(=O)O)c3)CSC12.[HH]. The number of rotatable bonds is 20. The van der Waals surface area contributed by atoms with Gasteiger partial charge in [-0.1, -0.05) is 74.2 Å². The molecule has 0 spiro atoms. The number of amides is 4. The second-order valence-electron chi connectivity index (χ2n) is 26.8. The number of aromatic carboxylic acids is 2. The largest absolute Gasteiger partial charge is 0.872 e. The molecule has 5 aliphatic heterocycles. The topological polar surface area (TPSA) is 566 Å². The number of aryl methyl sites for hydroxylation is 1. The Balaban J connectivity index is 0.000000207. The molecule has 2 aromatic heterocycles. The molecule has 8 unspecified atom stereocenters. The van der Waals surface area contributed by atoms with E-state index in [4.69, 9.17) is 40.9 Å². The van der Waals surface area contributed by atoms with Gasteiger partial charge in [0.05, 0.1) is 82.1 Å². The van der Waals surface area contributed by atoms with Crippen molar-refractivity contribution in [1.82, 2.24) is 26.2 Å². The molecule has 7 heterocycles. The number of nitrogens with one attached hydrogen (secondary N) is 4. The number of aliphatic imine (C=N–C) groups is 1. The van der Waals surface area contributed by atoms with Crippen LogP contribution in [0.3, 0.4) is 0 Å². The van der Waals surface area contributed by atoms with E-state index in [0.717, 1.165) is 34.0 Å². The summed E-state index contributed by atoms with van der Waals surface area (Å²) in [6, 6.07) is 26.8. The predicted octanol–water partition coefficient (Wildman–Crippen LogP) is -1.21. The van der Waals surface area contributed by atoms with E-state index >= 15 is 0 Å². The molecule has 10 N–H and O–H groups in total. The van der Waals surface area contributed by atoms with Gasteiger partial charge in [-0.3, -0.25) is 38.7 Å². The predicted molar refractivity (Wildman–Crippen MR) is 433 cm³/mol. The number of hydrogen-bond donors (Lipinski definition) is 8. The van der Waals surface area contributed by atoms with Gasteiger partial charge in [-0.15, -0.1) is 70.0 Å². The molecule has 8 atom stereocenters. The lowest BCUT2D eigenvalue weighted by Crippen LogP contribution is -2.71. The third-order valence-corrected chi connectivity index (χ3v) is 23.3. The Morgan fingerprint density at radius 1 is 0.642 bits per heavy atom. The van der Waals surface area contributed by atoms with Crippen molar-refractivity contribution in [2.24, 2.45) is 4.99 Å². The van der Waals surface area contributed by atoms with Crippen LogP contribution >= 0.6 is 58.5 Å². The molecule has 1 fully saturated rings. The van der Waals surface area contributed by atoms with Crippen LogP contribution in [0, 0.1) is 6.92 Å². The highest BCUT2D eigenvalue weighted by molar-refractivity contribution is 8.01. The number of aliphatic hydroxyl groups is 2. The van der Waals surface area contributed by atoms with Crippen molar-refractivity contribution in [2.75, 3.05) is 30.3 Å². The molecule has 33 nitrogen and oxygen atoms in total. The van der Waals surface area contributed by atoms with E-state index in [2.05, 4.69) is 32.8 Å². The Kier molecular flexibility index (Phi) is 26.8. The number of aliphatic hydroxyl groups excluding tert-OH is 2. The van der Waals surface area contributed by atoms with Crippen LogP contribution in [-0.4, -0.2) is 166 Å². The summed E-state index contributed by atoms with van der Waals surface area (Å²) in [5.74, 6) is -10.2. The first-order chi connectivity index (χ1) is 56.2. The van der Waals surface area contributed by atoms with Crippen LogP contribution in [0.4, 0.5) is 0 Å². The monoisotopic (exact) mass is 1730 g/mol. The number of hydrogen-bond acceptors (Lipinski definition) is 29. The van der Waals surface area contributed by atoms with Crippen molar-refractivity contribution >= 4 is 164 Å². The quantitative estimate of drug-likeness (QED) is 0.0192. The first-order valence-electron chi connectivity index (χ1n) is 35.0. The summed E-state index contributed by atoms with van der Waals surface area (Å²) in [6.07, 6.45) is 3.41. The molecule has 4 amide bonds. The third-order valence-electron chi connectivity index (χ3n) is 18.8. The van der Waals surface area contributed by atoms with Gasteiger partial charge in [0, 0.05) is 85.7 Å². The second kappa shape index (κ2) is 36.5. The minimum absolute atomic E-state index is 0. The maximum atomic E-state index is 13.3. The van der Waals surface area contributed by atoms with Gasteiger partial charge in [-0.05, 0) is 108 Å². The zero-order valence-corrected chi connectivity index (χ0v) is 65.0. The summed E-state index contributed by atoms with van der Waals surface area (Å²) in [4.78, 5) is 164. The van der Waals surface area contributed by atoms with E-state index in [9.17, 15) is 108 Å². The summed E-state index contributed by atoms with van der Waals surface area (Å²) in [5.41, 5.74) is 1.70. The summed E-state index contributed by atoms with van der Waals surface area (Å²) < 4.78 is 21.9.